The number of aryl methyl sites for hydroxylation is 1. The van der Waals surface area contributed by atoms with Gasteiger partial charge in [0.25, 0.3) is 5.91 Å². The summed E-state index contributed by atoms with van der Waals surface area (Å²) in [6.07, 6.45) is 0. The highest BCUT2D eigenvalue weighted by Gasteiger charge is 2.22. The van der Waals surface area contributed by atoms with Crippen molar-refractivity contribution in [1.29, 1.82) is 0 Å². The zero-order valence-electron chi connectivity index (χ0n) is 16.7. The first-order valence-electron chi connectivity index (χ1n) is 8.94. The lowest BCUT2D eigenvalue weighted by molar-refractivity contribution is 0.103. The fourth-order valence-corrected chi connectivity index (χ4v) is 4.14. The number of nitrogens with one attached hydrogen (secondary N) is 1. The smallest absolute Gasteiger partial charge is 0.268 e. The Bertz CT molecular complexity index is 1050. The van der Waals surface area contributed by atoms with Crippen LogP contribution in [0.4, 0.5) is 11.4 Å². The third-order valence-electron chi connectivity index (χ3n) is 4.53. The molecule has 0 aliphatic rings. The largest absolute Gasteiger partial charge is 0.506 e. The van der Waals surface area contributed by atoms with E-state index in [1.54, 1.807) is 19.2 Å². The molecule has 0 saturated carbocycles. The zero-order chi connectivity index (χ0) is 20.6. The fraction of sp³-hybridized carbons (Fsp3) is 0.333. The van der Waals surface area contributed by atoms with E-state index in [-0.39, 0.29) is 17.1 Å². The number of carbonyl (C=O) groups excluding carboxylic acids is 1. The Morgan fingerprint density at radius 3 is 2.68 bits per heavy atom. The number of nitrogens with two attached hydrogens (primary N) is 1. The molecule has 0 fully saturated rings. The molecule has 2 heterocycles. The third-order valence-corrected chi connectivity index (χ3v) is 5.62. The minimum absolute atomic E-state index is 0.00933. The molecule has 0 atom stereocenters. The lowest BCUT2D eigenvalue weighted by Crippen LogP contribution is -2.15. The molecule has 3 aromatic rings. The van der Waals surface area contributed by atoms with Gasteiger partial charge in [-0.1, -0.05) is 26.8 Å². The van der Waals surface area contributed by atoms with Crippen LogP contribution in [0.5, 0.6) is 5.75 Å². The maximum Gasteiger partial charge on any atom is 0.268 e. The summed E-state index contributed by atoms with van der Waals surface area (Å²) < 4.78 is 5.26. The number of fused-ring (bicyclic) bond motifs is 1. The number of nitrogens with zero attached hydrogens (tertiary/aromatic N) is 1. The van der Waals surface area contributed by atoms with Crippen molar-refractivity contribution in [3.05, 3.63) is 46.0 Å². The van der Waals surface area contributed by atoms with Gasteiger partial charge in [0.05, 0.1) is 18.0 Å². The van der Waals surface area contributed by atoms with E-state index in [4.69, 9.17) is 10.5 Å². The number of benzene rings is 1. The molecule has 7 heteroatoms. The van der Waals surface area contributed by atoms with Crippen molar-refractivity contribution in [3.63, 3.8) is 0 Å². The minimum atomic E-state index is -0.372. The molecule has 0 saturated heterocycles. The maximum atomic E-state index is 12.9. The number of rotatable bonds is 4. The number of phenols is 1. The molecule has 4 N–H and O–H groups in total. The second-order valence-corrected chi connectivity index (χ2v) is 8.82. The Morgan fingerprint density at radius 2 is 2.04 bits per heavy atom. The van der Waals surface area contributed by atoms with Gasteiger partial charge in [0.1, 0.15) is 15.5 Å². The van der Waals surface area contributed by atoms with Crippen LogP contribution < -0.4 is 11.1 Å². The van der Waals surface area contributed by atoms with Gasteiger partial charge >= 0.3 is 0 Å². The van der Waals surface area contributed by atoms with E-state index < -0.39 is 0 Å². The fourth-order valence-electron chi connectivity index (χ4n) is 3.06. The predicted molar refractivity (Wildman–Crippen MR) is 114 cm³/mol. The molecule has 0 unspecified atom stereocenters. The van der Waals surface area contributed by atoms with E-state index in [2.05, 4.69) is 31.1 Å². The van der Waals surface area contributed by atoms with Crippen LogP contribution in [0.15, 0.2) is 24.3 Å². The number of hydrogen-bond acceptors (Lipinski definition) is 6. The maximum absolute atomic E-state index is 12.9. The Balaban J connectivity index is 2.01. The third kappa shape index (κ3) is 3.81. The van der Waals surface area contributed by atoms with Crippen LogP contribution in [-0.4, -0.2) is 23.1 Å². The van der Waals surface area contributed by atoms with E-state index in [9.17, 15) is 9.90 Å². The summed E-state index contributed by atoms with van der Waals surface area (Å²) in [7, 11) is 1.61. The SMILES string of the molecule is COCc1cc(C)nc2sc(C(=O)Nc3cc(C(C)(C)C)ccc3O)c(N)c12. The lowest BCUT2D eigenvalue weighted by Gasteiger charge is -2.20. The van der Waals surface area contributed by atoms with Crippen molar-refractivity contribution in [3.8, 4) is 5.75 Å². The Kier molecular flexibility index (Phi) is 5.32. The highest BCUT2D eigenvalue weighted by Crippen LogP contribution is 2.37. The van der Waals surface area contributed by atoms with Crippen LogP contribution in [0.25, 0.3) is 10.2 Å². The Hall–Kier alpha value is -2.64. The molecule has 6 nitrogen and oxygen atoms in total. The van der Waals surface area contributed by atoms with E-state index >= 15 is 0 Å². The van der Waals surface area contributed by atoms with Gasteiger partial charge in [-0.15, -0.1) is 11.3 Å². The summed E-state index contributed by atoms with van der Waals surface area (Å²) in [5.41, 5.74) is 9.67. The number of pyridine rings is 1. The summed E-state index contributed by atoms with van der Waals surface area (Å²) in [4.78, 5) is 18.5. The van der Waals surface area contributed by atoms with Crippen LogP contribution in [0.1, 0.15) is 47.3 Å². The summed E-state index contributed by atoms with van der Waals surface area (Å²) >= 11 is 1.24. The number of thiophene rings is 1. The number of hydrogen-bond donors (Lipinski definition) is 3. The molecule has 2 aromatic heterocycles. The van der Waals surface area contributed by atoms with E-state index in [0.29, 0.717) is 27.7 Å². The highest BCUT2D eigenvalue weighted by atomic mass is 32.1. The topological polar surface area (TPSA) is 97.5 Å². The van der Waals surface area contributed by atoms with Gasteiger partial charge in [-0.3, -0.25) is 4.79 Å². The van der Waals surface area contributed by atoms with Gasteiger partial charge < -0.3 is 20.9 Å². The molecule has 1 aromatic carbocycles. The molecule has 28 heavy (non-hydrogen) atoms. The van der Waals surface area contributed by atoms with Gasteiger partial charge in [-0.2, -0.15) is 0 Å². The number of nitrogen functional groups attached to an aromatic ring is 1. The second kappa shape index (κ2) is 7.41. The molecule has 1 amide bonds. The molecule has 0 aliphatic heterocycles. The monoisotopic (exact) mass is 399 g/mol. The lowest BCUT2D eigenvalue weighted by atomic mass is 9.87. The van der Waals surface area contributed by atoms with Crippen molar-refractivity contribution in [2.24, 2.45) is 0 Å². The van der Waals surface area contributed by atoms with Crippen LogP contribution in [0.2, 0.25) is 0 Å². The summed E-state index contributed by atoms with van der Waals surface area (Å²) in [5.74, 6) is -0.363. The number of ether oxygens (including phenoxy) is 1. The van der Waals surface area contributed by atoms with Gasteiger partial charge in [0, 0.05) is 18.2 Å². The van der Waals surface area contributed by atoms with E-state index in [0.717, 1.165) is 22.2 Å². The molecular formula is C21H25N3O3S. The van der Waals surface area contributed by atoms with Gasteiger partial charge in [-0.25, -0.2) is 4.98 Å². The van der Waals surface area contributed by atoms with E-state index in [1.807, 2.05) is 19.1 Å². The standard InChI is InChI=1S/C21H25N3O3S/c1-11-8-12(10-27-5)16-17(22)18(28-20(16)23-11)19(26)24-14-9-13(21(2,3)4)6-7-15(14)25/h6-9,25H,10,22H2,1-5H3,(H,24,26). The van der Waals surface area contributed by atoms with Crippen LogP contribution >= 0.6 is 11.3 Å². The molecular weight excluding hydrogens is 374 g/mol. The van der Waals surface area contributed by atoms with Crippen molar-refractivity contribution in [2.75, 3.05) is 18.2 Å². The summed E-state index contributed by atoms with van der Waals surface area (Å²) in [6, 6.07) is 7.14. The summed E-state index contributed by atoms with van der Waals surface area (Å²) in [6.45, 7) is 8.49. The van der Waals surface area contributed by atoms with Crippen molar-refractivity contribution in [2.45, 2.75) is 39.7 Å². The molecule has 148 valence electrons. The number of methoxy groups -OCH3 is 1. The normalized spacial score (nSPS) is 11.8. The zero-order valence-corrected chi connectivity index (χ0v) is 17.5. The highest BCUT2D eigenvalue weighted by molar-refractivity contribution is 7.21. The molecule has 0 bridgehead atoms. The number of aromatic nitrogens is 1. The van der Waals surface area contributed by atoms with Crippen molar-refractivity contribution < 1.29 is 14.6 Å². The first kappa shape index (κ1) is 20.1. The molecule has 0 aliphatic carbocycles. The van der Waals surface area contributed by atoms with Gasteiger partial charge in [0.15, 0.2) is 0 Å². The van der Waals surface area contributed by atoms with Gasteiger partial charge in [-0.05, 0) is 41.7 Å². The van der Waals surface area contributed by atoms with Crippen LogP contribution in [-0.2, 0) is 16.8 Å². The van der Waals surface area contributed by atoms with Crippen LogP contribution in [0, 0.1) is 6.92 Å². The van der Waals surface area contributed by atoms with Crippen LogP contribution in [0.3, 0.4) is 0 Å². The minimum Gasteiger partial charge on any atom is -0.506 e. The first-order valence-corrected chi connectivity index (χ1v) is 9.75. The quantitative estimate of drug-likeness (QED) is 0.558. The predicted octanol–water partition coefficient (Wildman–Crippen LogP) is 4.59. The first-order chi connectivity index (χ1) is 13.1. The van der Waals surface area contributed by atoms with Crippen molar-refractivity contribution in [1.82, 2.24) is 4.98 Å². The second-order valence-electron chi connectivity index (χ2n) is 7.82. The molecule has 0 spiro atoms. The molecule has 3 rings (SSSR count). The van der Waals surface area contributed by atoms with E-state index in [1.165, 1.54) is 11.3 Å². The number of amides is 1. The number of carbonyl (C=O) groups is 1. The number of phenolic OH excluding ortho intramolecular Hbond substituents is 1. The Labute approximate surface area is 168 Å². The average molecular weight is 400 g/mol. The molecule has 0 radical (unpaired) electrons. The Morgan fingerprint density at radius 1 is 1.32 bits per heavy atom. The van der Waals surface area contributed by atoms with Gasteiger partial charge in [0.2, 0.25) is 0 Å². The summed E-state index contributed by atoms with van der Waals surface area (Å²) in [5, 5.41) is 13.7. The average Bonchev–Trinajstić information content (AvgIpc) is 2.92. The number of anilines is 2. The van der Waals surface area contributed by atoms with Crippen molar-refractivity contribution >= 4 is 38.8 Å². The number of aromatic hydroxyl groups is 1.